The maximum absolute atomic E-state index is 10.2. The van der Waals surface area contributed by atoms with Crippen molar-refractivity contribution in [3.63, 3.8) is 0 Å². The molecule has 3 rings (SSSR count). The summed E-state index contributed by atoms with van der Waals surface area (Å²) < 4.78 is 10.7. The molecule has 1 aromatic heterocycles. The molecule has 25 heavy (non-hydrogen) atoms. The molecule has 2 aromatic rings. The Hall–Kier alpha value is -2.69. The smallest absolute Gasteiger partial charge is 0.233 e. The lowest BCUT2D eigenvalue weighted by atomic mass is 10.1. The van der Waals surface area contributed by atoms with E-state index in [1.54, 1.807) is 31.4 Å². The number of methoxy groups -OCH3 is 1. The van der Waals surface area contributed by atoms with Gasteiger partial charge in [0.15, 0.2) is 0 Å². The van der Waals surface area contributed by atoms with E-state index in [9.17, 15) is 5.11 Å². The predicted octanol–water partition coefficient (Wildman–Crippen LogP) is 1.15. The van der Waals surface area contributed by atoms with Crippen molar-refractivity contribution in [3.05, 3.63) is 47.2 Å². The summed E-state index contributed by atoms with van der Waals surface area (Å²) >= 11 is 0. The van der Waals surface area contributed by atoms with Gasteiger partial charge in [-0.05, 0) is 29.8 Å². The van der Waals surface area contributed by atoms with Gasteiger partial charge in [-0.25, -0.2) is 0 Å². The SMILES string of the molecule is COc1cc2c(nn1)CCN(CC(O)COc1ccc(C#N)cc1)C2. The van der Waals surface area contributed by atoms with Gasteiger partial charge in [0.2, 0.25) is 5.88 Å². The normalized spacial score (nSPS) is 15.1. The molecule has 0 spiro atoms. The van der Waals surface area contributed by atoms with E-state index < -0.39 is 6.10 Å². The number of fused-ring (bicyclic) bond motifs is 1. The topological polar surface area (TPSA) is 91.5 Å². The Morgan fingerprint density at radius 2 is 2.12 bits per heavy atom. The largest absolute Gasteiger partial charge is 0.491 e. The third-order valence-electron chi connectivity index (χ3n) is 4.10. The second kappa shape index (κ2) is 7.92. The molecule has 1 aliphatic heterocycles. The summed E-state index contributed by atoms with van der Waals surface area (Å²) in [6.07, 6.45) is 0.198. The minimum absolute atomic E-state index is 0.202. The second-order valence-electron chi connectivity index (χ2n) is 5.94. The van der Waals surface area contributed by atoms with Crippen LogP contribution in [0.3, 0.4) is 0 Å². The fourth-order valence-electron chi connectivity index (χ4n) is 2.79. The van der Waals surface area contributed by atoms with Crippen LogP contribution in [0.15, 0.2) is 30.3 Å². The number of aliphatic hydroxyl groups is 1. The first kappa shape index (κ1) is 17.1. The molecule has 7 nitrogen and oxygen atoms in total. The minimum atomic E-state index is -0.603. The van der Waals surface area contributed by atoms with E-state index in [2.05, 4.69) is 21.2 Å². The van der Waals surface area contributed by atoms with Crippen LogP contribution in [0.5, 0.6) is 11.6 Å². The maximum Gasteiger partial charge on any atom is 0.233 e. The molecule has 0 amide bonds. The van der Waals surface area contributed by atoms with E-state index in [1.807, 2.05) is 6.07 Å². The molecule has 2 heterocycles. The van der Waals surface area contributed by atoms with Gasteiger partial charge < -0.3 is 14.6 Å². The van der Waals surface area contributed by atoms with Crippen molar-refractivity contribution in [1.29, 1.82) is 5.26 Å². The summed E-state index contributed by atoms with van der Waals surface area (Å²) in [5, 5.41) is 27.2. The number of hydrogen-bond donors (Lipinski definition) is 1. The number of ether oxygens (including phenoxy) is 2. The van der Waals surface area contributed by atoms with Crippen LogP contribution in [0.4, 0.5) is 0 Å². The predicted molar refractivity (Wildman–Crippen MR) is 90.2 cm³/mol. The first-order valence-corrected chi connectivity index (χ1v) is 8.11. The zero-order valence-electron chi connectivity index (χ0n) is 14.1. The Morgan fingerprint density at radius 3 is 2.84 bits per heavy atom. The van der Waals surface area contributed by atoms with Crippen LogP contribution in [0.1, 0.15) is 16.8 Å². The average Bonchev–Trinajstić information content (AvgIpc) is 2.66. The first-order valence-electron chi connectivity index (χ1n) is 8.11. The molecule has 1 unspecified atom stereocenters. The van der Waals surface area contributed by atoms with Crippen molar-refractivity contribution in [3.8, 4) is 17.7 Å². The summed E-state index contributed by atoms with van der Waals surface area (Å²) in [4.78, 5) is 2.16. The molecule has 0 bridgehead atoms. The highest BCUT2D eigenvalue weighted by molar-refractivity contribution is 5.34. The van der Waals surface area contributed by atoms with E-state index in [-0.39, 0.29) is 6.61 Å². The quantitative estimate of drug-likeness (QED) is 0.843. The molecule has 1 aliphatic rings. The Labute approximate surface area is 146 Å². The van der Waals surface area contributed by atoms with Gasteiger partial charge in [0.05, 0.1) is 24.4 Å². The third-order valence-corrected chi connectivity index (χ3v) is 4.10. The lowest BCUT2D eigenvalue weighted by Gasteiger charge is -2.29. The number of hydrogen-bond acceptors (Lipinski definition) is 7. The fourth-order valence-corrected chi connectivity index (χ4v) is 2.79. The molecule has 0 saturated carbocycles. The van der Waals surface area contributed by atoms with Gasteiger partial charge in [0, 0.05) is 32.1 Å². The number of nitrogens with zero attached hydrogens (tertiary/aromatic N) is 4. The van der Waals surface area contributed by atoms with E-state index in [4.69, 9.17) is 14.7 Å². The lowest BCUT2D eigenvalue weighted by molar-refractivity contribution is 0.0634. The Kier molecular flexibility index (Phi) is 5.43. The highest BCUT2D eigenvalue weighted by atomic mass is 16.5. The van der Waals surface area contributed by atoms with Crippen molar-refractivity contribution in [2.75, 3.05) is 26.8 Å². The molecule has 1 atom stereocenters. The maximum atomic E-state index is 10.2. The molecule has 130 valence electrons. The Balaban J connectivity index is 1.51. The molecule has 1 N–H and O–H groups in total. The van der Waals surface area contributed by atoms with E-state index in [0.717, 1.165) is 24.2 Å². The van der Waals surface area contributed by atoms with Crippen LogP contribution in [-0.4, -0.2) is 53.1 Å². The number of rotatable bonds is 6. The Bertz CT molecular complexity index is 758. The van der Waals surface area contributed by atoms with Gasteiger partial charge in [-0.15, -0.1) is 5.10 Å². The van der Waals surface area contributed by atoms with Crippen molar-refractivity contribution < 1.29 is 14.6 Å². The van der Waals surface area contributed by atoms with Gasteiger partial charge in [-0.3, -0.25) is 4.90 Å². The van der Waals surface area contributed by atoms with Crippen LogP contribution in [0, 0.1) is 11.3 Å². The molecular weight excluding hydrogens is 320 g/mol. The minimum Gasteiger partial charge on any atom is -0.491 e. The number of aliphatic hydroxyl groups excluding tert-OH is 1. The molecule has 0 aliphatic carbocycles. The van der Waals surface area contributed by atoms with Crippen molar-refractivity contribution >= 4 is 0 Å². The van der Waals surface area contributed by atoms with Crippen LogP contribution in [0.2, 0.25) is 0 Å². The monoisotopic (exact) mass is 340 g/mol. The lowest BCUT2D eigenvalue weighted by Crippen LogP contribution is -2.39. The zero-order valence-corrected chi connectivity index (χ0v) is 14.1. The number of β-amino-alcohol motifs (C(OH)–C–C–N with tert-alkyl or cyclic N) is 1. The summed E-state index contributed by atoms with van der Waals surface area (Å²) in [5.41, 5.74) is 2.65. The van der Waals surface area contributed by atoms with Crippen molar-refractivity contribution in [2.45, 2.75) is 19.1 Å². The van der Waals surface area contributed by atoms with Crippen LogP contribution >= 0.6 is 0 Å². The standard InChI is InChI=1S/C18H20N4O3/c1-24-18-8-14-10-22(7-6-17(14)20-21-18)11-15(23)12-25-16-4-2-13(9-19)3-5-16/h2-5,8,15,23H,6-7,10-12H2,1H3. The van der Waals surface area contributed by atoms with E-state index in [1.165, 1.54) is 0 Å². The summed E-state index contributed by atoms with van der Waals surface area (Å²) in [7, 11) is 1.57. The molecule has 0 saturated heterocycles. The second-order valence-corrected chi connectivity index (χ2v) is 5.94. The summed E-state index contributed by atoms with van der Waals surface area (Å²) in [6, 6.07) is 10.8. The average molecular weight is 340 g/mol. The number of aromatic nitrogens is 2. The van der Waals surface area contributed by atoms with E-state index in [0.29, 0.717) is 30.3 Å². The van der Waals surface area contributed by atoms with Gasteiger partial charge >= 0.3 is 0 Å². The first-order chi connectivity index (χ1) is 12.2. The summed E-state index contributed by atoms with van der Waals surface area (Å²) in [5.74, 6) is 1.15. The van der Waals surface area contributed by atoms with Gasteiger partial charge in [0.1, 0.15) is 18.5 Å². The number of nitriles is 1. The van der Waals surface area contributed by atoms with Crippen LogP contribution in [-0.2, 0) is 13.0 Å². The third kappa shape index (κ3) is 4.44. The molecule has 0 radical (unpaired) electrons. The van der Waals surface area contributed by atoms with Crippen LogP contribution < -0.4 is 9.47 Å². The highest BCUT2D eigenvalue weighted by Crippen LogP contribution is 2.20. The highest BCUT2D eigenvalue weighted by Gasteiger charge is 2.21. The molecular formula is C18H20N4O3. The zero-order chi connectivity index (χ0) is 17.6. The van der Waals surface area contributed by atoms with Crippen molar-refractivity contribution in [2.24, 2.45) is 0 Å². The summed E-state index contributed by atoms with van der Waals surface area (Å²) in [6.45, 7) is 2.24. The molecule has 7 heteroatoms. The number of benzene rings is 1. The van der Waals surface area contributed by atoms with Crippen LogP contribution in [0.25, 0.3) is 0 Å². The molecule has 0 fully saturated rings. The van der Waals surface area contributed by atoms with Gasteiger partial charge in [-0.2, -0.15) is 10.4 Å². The van der Waals surface area contributed by atoms with Crippen molar-refractivity contribution in [1.82, 2.24) is 15.1 Å². The molecule has 1 aromatic carbocycles. The van der Waals surface area contributed by atoms with Gasteiger partial charge in [0.25, 0.3) is 0 Å². The van der Waals surface area contributed by atoms with E-state index >= 15 is 0 Å². The fraction of sp³-hybridized carbons (Fsp3) is 0.389. The van der Waals surface area contributed by atoms with Gasteiger partial charge in [-0.1, -0.05) is 0 Å². The Morgan fingerprint density at radius 1 is 1.32 bits per heavy atom.